The summed E-state index contributed by atoms with van der Waals surface area (Å²) in [5, 5.41) is 0. The number of aldehydes is 1. The van der Waals surface area contributed by atoms with E-state index in [9.17, 15) is 4.79 Å². The van der Waals surface area contributed by atoms with Gasteiger partial charge in [0.15, 0.2) is 0 Å². The van der Waals surface area contributed by atoms with E-state index in [1.54, 1.807) is 0 Å². The van der Waals surface area contributed by atoms with Crippen LogP contribution < -0.4 is 5.73 Å². The van der Waals surface area contributed by atoms with E-state index in [1.165, 1.54) is 6.08 Å². The molecule has 2 N–H and O–H groups in total. The van der Waals surface area contributed by atoms with Gasteiger partial charge < -0.3 is 5.73 Å². The molecule has 0 amide bonds. The van der Waals surface area contributed by atoms with Crippen molar-refractivity contribution in [2.24, 2.45) is 5.73 Å². The van der Waals surface area contributed by atoms with Gasteiger partial charge in [0, 0.05) is 5.70 Å². The van der Waals surface area contributed by atoms with Crippen LogP contribution in [0.2, 0.25) is 0 Å². The van der Waals surface area contributed by atoms with E-state index in [0.717, 1.165) is 6.42 Å². The topological polar surface area (TPSA) is 43.1 Å². The maximum absolute atomic E-state index is 9.62. The molecule has 0 bridgehead atoms. The molecule has 2 nitrogen and oxygen atoms in total. The third-order valence-electron chi connectivity index (χ3n) is 0.690. The highest BCUT2D eigenvalue weighted by Gasteiger charge is 1.77. The van der Waals surface area contributed by atoms with Gasteiger partial charge in [0.1, 0.15) is 6.29 Å². The second-order valence-electron chi connectivity index (χ2n) is 1.23. The fraction of sp³-hybridized carbons (Fsp3) is 0.400. The summed E-state index contributed by atoms with van der Waals surface area (Å²) in [5.74, 6) is 0. The molecule has 0 spiro atoms. The van der Waals surface area contributed by atoms with Gasteiger partial charge in [0.05, 0.1) is 0 Å². The molecule has 0 aromatic carbocycles. The molecule has 0 fully saturated rings. The first-order valence-electron chi connectivity index (χ1n) is 2.21. The van der Waals surface area contributed by atoms with Gasteiger partial charge in [-0.2, -0.15) is 0 Å². The van der Waals surface area contributed by atoms with E-state index in [2.05, 4.69) is 0 Å². The van der Waals surface area contributed by atoms with Gasteiger partial charge in [0.25, 0.3) is 0 Å². The van der Waals surface area contributed by atoms with Crippen molar-refractivity contribution >= 4 is 6.29 Å². The van der Waals surface area contributed by atoms with E-state index in [4.69, 9.17) is 5.73 Å². The van der Waals surface area contributed by atoms with Crippen LogP contribution in [0.25, 0.3) is 0 Å². The molecule has 0 radical (unpaired) electrons. The minimum absolute atomic E-state index is 0.634. The number of carbonyl (C=O) groups is 1. The van der Waals surface area contributed by atoms with Crippen LogP contribution in [0, 0.1) is 0 Å². The Hall–Kier alpha value is -0.790. The second-order valence-corrected chi connectivity index (χ2v) is 1.23. The Bertz CT molecular complexity index is 86.1. The molecule has 0 aromatic rings. The van der Waals surface area contributed by atoms with Crippen molar-refractivity contribution in [2.75, 3.05) is 0 Å². The van der Waals surface area contributed by atoms with Crippen LogP contribution in [0.3, 0.4) is 0 Å². The SMILES string of the molecule is CC/C(N)=C\C=O. The Morgan fingerprint density at radius 3 is 2.57 bits per heavy atom. The molecular formula is C5H9NO. The zero-order chi connectivity index (χ0) is 5.70. The molecule has 0 aliphatic heterocycles. The highest BCUT2D eigenvalue weighted by atomic mass is 16.1. The van der Waals surface area contributed by atoms with Crippen molar-refractivity contribution < 1.29 is 4.79 Å². The summed E-state index contributed by atoms with van der Waals surface area (Å²) >= 11 is 0. The number of allylic oxidation sites excluding steroid dienone is 2. The maximum Gasteiger partial charge on any atom is 0.144 e. The Labute approximate surface area is 43.0 Å². The Morgan fingerprint density at radius 1 is 1.86 bits per heavy atom. The Balaban J connectivity index is 3.49. The van der Waals surface area contributed by atoms with Crippen LogP contribution in [-0.2, 0) is 4.79 Å². The smallest absolute Gasteiger partial charge is 0.144 e. The standard InChI is InChI=1S/C5H9NO/c1-2-5(6)3-4-7/h3-4H,2,6H2,1H3/b5-3+. The quantitative estimate of drug-likeness (QED) is 0.403. The molecule has 7 heavy (non-hydrogen) atoms. The van der Waals surface area contributed by atoms with Gasteiger partial charge in [-0.05, 0) is 12.5 Å². The van der Waals surface area contributed by atoms with Crippen molar-refractivity contribution in [1.82, 2.24) is 0 Å². The average Bonchev–Trinajstić information content (AvgIpc) is 1.68. The number of hydrogen-bond donors (Lipinski definition) is 1. The highest BCUT2D eigenvalue weighted by molar-refractivity contribution is 5.65. The van der Waals surface area contributed by atoms with Crippen LogP contribution in [0.1, 0.15) is 13.3 Å². The third-order valence-corrected chi connectivity index (χ3v) is 0.690. The first-order valence-corrected chi connectivity index (χ1v) is 2.21. The molecule has 0 unspecified atom stereocenters. The van der Waals surface area contributed by atoms with Crippen molar-refractivity contribution in [2.45, 2.75) is 13.3 Å². The fourth-order valence-electron chi connectivity index (χ4n) is 0.205. The van der Waals surface area contributed by atoms with Crippen molar-refractivity contribution in [1.29, 1.82) is 0 Å². The second kappa shape index (κ2) is 3.40. The molecule has 0 heterocycles. The predicted octanol–water partition coefficient (Wildman–Crippen LogP) is 0.438. The van der Waals surface area contributed by atoms with E-state index in [1.807, 2.05) is 6.92 Å². The molecule has 0 aliphatic rings. The number of hydrogen-bond acceptors (Lipinski definition) is 2. The Kier molecular flexibility index (Phi) is 3.02. The van der Waals surface area contributed by atoms with Gasteiger partial charge in [-0.15, -0.1) is 0 Å². The van der Waals surface area contributed by atoms with Gasteiger partial charge in [-0.25, -0.2) is 0 Å². The van der Waals surface area contributed by atoms with Crippen molar-refractivity contribution in [3.05, 3.63) is 11.8 Å². The van der Waals surface area contributed by atoms with Crippen molar-refractivity contribution in [3.63, 3.8) is 0 Å². The largest absolute Gasteiger partial charge is 0.402 e. The molecule has 0 aromatic heterocycles. The molecule has 0 atom stereocenters. The summed E-state index contributed by atoms with van der Waals surface area (Å²) in [5.41, 5.74) is 5.85. The summed E-state index contributed by atoms with van der Waals surface area (Å²) < 4.78 is 0. The summed E-state index contributed by atoms with van der Waals surface area (Å²) in [6.07, 6.45) is 2.80. The normalized spacial score (nSPS) is 11.3. The Morgan fingerprint density at radius 2 is 2.43 bits per heavy atom. The zero-order valence-corrected chi connectivity index (χ0v) is 4.35. The lowest BCUT2D eigenvalue weighted by Gasteiger charge is -1.85. The lowest BCUT2D eigenvalue weighted by atomic mass is 10.3. The number of rotatable bonds is 2. The third kappa shape index (κ3) is 3.03. The molecule has 0 rings (SSSR count). The highest BCUT2D eigenvalue weighted by Crippen LogP contribution is 1.84. The first kappa shape index (κ1) is 6.21. The summed E-state index contributed by atoms with van der Waals surface area (Å²) in [4.78, 5) is 9.62. The van der Waals surface area contributed by atoms with Gasteiger partial charge in [-0.3, -0.25) is 4.79 Å². The average molecular weight is 99.1 g/mol. The zero-order valence-electron chi connectivity index (χ0n) is 4.35. The van der Waals surface area contributed by atoms with Crippen LogP contribution in [0.15, 0.2) is 11.8 Å². The van der Waals surface area contributed by atoms with Crippen LogP contribution in [0.5, 0.6) is 0 Å². The summed E-state index contributed by atoms with van der Waals surface area (Å²) in [6.45, 7) is 1.90. The van der Waals surface area contributed by atoms with E-state index >= 15 is 0 Å². The van der Waals surface area contributed by atoms with E-state index in [0.29, 0.717) is 12.0 Å². The molecule has 0 saturated carbocycles. The molecular weight excluding hydrogens is 90.1 g/mol. The van der Waals surface area contributed by atoms with Gasteiger partial charge in [-0.1, -0.05) is 6.92 Å². The fourth-order valence-corrected chi connectivity index (χ4v) is 0.205. The monoisotopic (exact) mass is 99.1 g/mol. The predicted molar refractivity (Wildman–Crippen MR) is 28.6 cm³/mol. The van der Waals surface area contributed by atoms with E-state index < -0.39 is 0 Å². The molecule has 0 saturated heterocycles. The molecule has 2 heteroatoms. The van der Waals surface area contributed by atoms with Gasteiger partial charge >= 0.3 is 0 Å². The van der Waals surface area contributed by atoms with Crippen LogP contribution >= 0.6 is 0 Å². The number of nitrogens with two attached hydrogens (primary N) is 1. The summed E-state index contributed by atoms with van der Waals surface area (Å²) in [7, 11) is 0. The molecule has 0 aliphatic carbocycles. The molecule has 40 valence electrons. The number of carbonyl (C=O) groups excluding carboxylic acids is 1. The lowest BCUT2D eigenvalue weighted by Crippen LogP contribution is -1.93. The van der Waals surface area contributed by atoms with Gasteiger partial charge in [0.2, 0.25) is 0 Å². The first-order chi connectivity index (χ1) is 3.31. The van der Waals surface area contributed by atoms with Crippen molar-refractivity contribution in [3.8, 4) is 0 Å². The maximum atomic E-state index is 9.62. The van der Waals surface area contributed by atoms with Crippen LogP contribution in [-0.4, -0.2) is 6.29 Å². The lowest BCUT2D eigenvalue weighted by molar-refractivity contribution is -0.104. The van der Waals surface area contributed by atoms with E-state index in [-0.39, 0.29) is 0 Å². The summed E-state index contributed by atoms with van der Waals surface area (Å²) in [6, 6.07) is 0. The minimum Gasteiger partial charge on any atom is -0.402 e. The minimum atomic E-state index is 0.634. The van der Waals surface area contributed by atoms with Crippen LogP contribution in [0.4, 0.5) is 0 Å².